The molecule has 2 rings (SSSR count). The predicted molar refractivity (Wildman–Crippen MR) is 75.3 cm³/mol. The Morgan fingerprint density at radius 3 is 2.58 bits per heavy atom. The van der Waals surface area contributed by atoms with Crippen molar-refractivity contribution < 1.29 is 5.11 Å². The van der Waals surface area contributed by atoms with Gasteiger partial charge in [-0.2, -0.15) is 0 Å². The second-order valence-corrected chi connectivity index (χ2v) is 4.45. The Bertz CT molecular complexity index is 499. The van der Waals surface area contributed by atoms with E-state index in [2.05, 4.69) is 19.9 Å². The van der Waals surface area contributed by atoms with Crippen molar-refractivity contribution in [3.8, 4) is 0 Å². The van der Waals surface area contributed by atoms with Crippen LogP contribution in [0.1, 0.15) is 5.56 Å². The van der Waals surface area contributed by atoms with E-state index < -0.39 is 0 Å². The molecule has 0 radical (unpaired) electrons. The summed E-state index contributed by atoms with van der Waals surface area (Å²) in [6, 6.07) is 3.96. The average Bonchev–Trinajstić information content (AvgIpc) is 2.92. The molecule has 6 nitrogen and oxygen atoms in total. The molecular formula is C13H19N5O. The summed E-state index contributed by atoms with van der Waals surface area (Å²) in [6.45, 7) is 1.44. The molecule has 0 aliphatic rings. The molecule has 6 heteroatoms. The van der Waals surface area contributed by atoms with Gasteiger partial charge in [0, 0.05) is 45.6 Å². The van der Waals surface area contributed by atoms with E-state index in [9.17, 15) is 0 Å². The minimum atomic E-state index is 0.106. The van der Waals surface area contributed by atoms with Crippen molar-refractivity contribution >= 4 is 11.6 Å². The highest BCUT2D eigenvalue weighted by Gasteiger charge is 2.08. The van der Waals surface area contributed by atoms with Crippen molar-refractivity contribution in [1.82, 2.24) is 15.0 Å². The number of aliphatic hydroxyl groups is 1. The van der Waals surface area contributed by atoms with E-state index >= 15 is 0 Å². The smallest absolute Gasteiger partial charge is 0.134 e. The molecule has 0 aliphatic carbocycles. The zero-order valence-corrected chi connectivity index (χ0v) is 11.2. The number of aromatic amines is 1. The standard InChI is InChI=1S/C13H19N5O/c1-17(5-6-19)12-7-13(16-10-15-12)18(2)9-11-3-4-14-8-11/h3-4,7-8,10,14,19H,5-6,9H2,1-2H3. The SMILES string of the molecule is CN(CCO)c1cc(N(C)Cc2cc[nH]c2)ncn1. The molecule has 2 N–H and O–H groups in total. The van der Waals surface area contributed by atoms with Crippen LogP contribution in [0, 0.1) is 0 Å². The molecule has 0 spiro atoms. The maximum Gasteiger partial charge on any atom is 0.134 e. The molecule has 0 bridgehead atoms. The van der Waals surface area contributed by atoms with Gasteiger partial charge in [0.1, 0.15) is 18.0 Å². The summed E-state index contributed by atoms with van der Waals surface area (Å²) < 4.78 is 0. The summed E-state index contributed by atoms with van der Waals surface area (Å²) in [5.41, 5.74) is 1.20. The predicted octanol–water partition coefficient (Wildman–Crippen LogP) is 0.870. The largest absolute Gasteiger partial charge is 0.395 e. The summed E-state index contributed by atoms with van der Waals surface area (Å²) in [7, 11) is 3.89. The molecule has 2 aromatic heterocycles. The third-order valence-corrected chi connectivity index (χ3v) is 2.94. The number of anilines is 2. The molecule has 0 aliphatic heterocycles. The van der Waals surface area contributed by atoms with E-state index in [4.69, 9.17) is 5.11 Å². The molecule has 0 aromatic carbocycles. The summed E-state index contributed by atoms with van der Waals surface area (Å²) >= 11 is 0. The van der Waals surface area contributed by atoms with Crippen LogP contribution in [-0.4, -0.2) is 47.3 Å². The average molecular weight is 261 g/mol. The van der Waals surface area contributed by atoms with Crippen LogP contribution < -0.4 is 9.80 Å². The Morgan fingerprint density at radius 2 is 1.95 bits per heavy atom. The van der Waals surface area contributed by atoms with Crippen LogP contribution in [0.4, 0.5) is 11.6 Å². The number of hydrogen-bond donors (Lipinski definition) is 2. The first-order valence-electron chi connectivity index (χ1n) is 6.17. The molecule has 0 atom stereocenters. The van der Waals surface area contributed by atoms with Gasteiger partial charge in [-0.3, -0.25) is 0 Å². The lowest BCUT2D eigenvalue weighted by Gasteiger charge is -2.21. The van der Waals surface area contributed by atoms with Gasteiger partial charge in [-0.25, -0.2) is 9.97 Å². The van der Waals surface area contributed by atoms with Crippen molar-refractivity contribution in [2.75, 3.05) is 37.0 Å². The Balaban J connectivity index is 2.09. The van der Waals surface area contributed by atoms with Crippen LogP contribution in [0.3, 0.4) is 0 Å². The van der Waals surface area contributed by atoms with Crippen molar-refractivity contribution in [3.05, 3.63) is 36.4 Å². The number of nitrogens with one attached hydrogen (secondary N) is 1. The molecule has 0 saturated carbocycles. The van der Waals surface area contributed by atoms with Crippen molar-refractivity contribution in [1.29, 1.82) is 0 Å². The molecular weight excluding hydrogens is 242 g/mol. The fourth-order valence-corrected chi connectivity index (χ4v) is 1.83. The maximum absolute atomic E-state index is 8.95. The Hall–Kier alpha value is -2.08. The molecule has 0 saturated heterocycles. The molecule has 0 unspecified atom stereocenters. The zero-order valence-electron chi connectivity index (χ0n) is 11.2. The number of likely N-dealkylation sites (N-methyl/N-ethyl adjacent to an activating group) is 1. The number of hydrogen-bond acceptors (Lipinski definition) is 5. The molecule has 2 heterocycles. The molecule has 0 fully saturated rings. The topological polar surface area (TPSA) is 68.3 Å². The molecule has 0 amide bonds. The lowest BCUT2D eigenvalue weighted by Crippen LogP contribution is -2.23. The highest BCUT2D eigenvalue weighted by atomic mass is 16.3. The summed E-state index contributed by atoms with van der Waals surface area (Å²) in [5, 5.41) is 8.95. The summed E-state index contributed by atoms with van der Waals surface area (Å²) in [5.74, 6) is 1.66. The minimum absolute atomic E-state index is 0.106. The van der Waals surface area contributed by atoms with Gasteiger partial charge >= 0.3 is 0 Å². The van der Waals surface area contributed by atoms with E-state index in [0.29, 0.717) is 6.54 Å². The van der Waals surface area contributed by atoms with E-state index in [0.717, 1.165) is 18.2 Å². The molecule has 2 aromatic rings. The first kappa shape index (κ1) is 13.4. The van der Waals surface area contributed by atoms with Crippen LogP contribution in [0.2, 0.25) is 0 Å². The third kappa shape index (κ3) is 3.45. The first-order valence-corrected chi connectivity index (χ1v) is 6.17. The Kier molecular flexibility index (Phi) is 4.35. The number of H-pyrrole nitrogens is 1. The third-order valence-electron chi connectivity index (χ3n) is 2.94. The van der Waals surface area contributed by atoms with Crippen LogP contribution in [-0.2, 0) is 6.54 Å². The van der Waals surface area contributed by atoms with E-state index in [-0.39, 0.29) is 6.61 Å². The number of nitrogens with zero attached hydrogens (tertiary/aromatic N) is 4. The molecule has 19 heavy (non-hydrogen) atoms. The quantitative estimate of drug-likeness (QED) is 0.807. The van der Waals surface area contributed by atoms with Crippen molar-refractivity contribution in [3.63, 3.8) is 0 Å². The number of aromatic nitrogens is 3. The zero-order chi connectivity index (χ0) is 13.7. The van der Waals surface area contributed by atoms with E-state index in [1.165, 1.54) is 5.56 Å². The van der Waals surface area contributed by atoms with Crippen LogP contribution in [0.15, 0.2) is 30.9 Å². The Morgan fingerprint density at radius 1 is 1.21 bits per heavy atom. The minimum Gasteiger partial charge on any atom is -0.395 e. The van der Waals surface area contributed by atoms with Gasteiger partial charge < -0.3 is 19.9 Å². The Labute approximate surface area is 112 Å². The van der Waals surface area contributed by atoms with Gasteiger partial charge in [-0.15, -0.1) is 0 Å². The fraction of sp³-hybridized carbons (Fsp3) is 0.385. The van der Waals surface area contributed by atoms with E-state index in [1.807, 2.05) is 43.5 Å². The van der Waals surface area contributed by atoms with Gasteiger partial charge in [0.25, 0.3) is 0 Å². The highest BCUT2D eigenvalue weighted by molar-refractivity contribution is 5.49. The second kappa shape index (κ2) is 6.19. The van der Waals surface area contributed by atoms with E-state index in [1.54, 1.807) is 6.33 Å². The summed E-state index contributed by atoms with van der Waals surface area (Å²) in [6.07, 6.45) is 5.42. The monoisotopic (exact) mass is 261 g/mol. The van der Waals surface area contributed by atoms with Crippen LogP contribution >= 0.6 is 0 Å². The van der Waals surface area contributed by atoms with Gasteiger partial charge in [0.05, 0.1) is 6.61 Å². The first-order chi connectivity index (χ1) is 9.20. The maximum atomic E-state index is 8.95. The highest BCUT2D eigenvalue weighted by Crippen LogP contribution is 2.17. The van der Waals surface area contributed by atoms with Crippen LogP contribution in [0.25, 0.3) is 0 Å². The fourth-order valence-electron chi connectivity index (χ4n) is 1.83. The van der Waals surface area contributed by atoms with Crippen molar-refractivity contribution in [2.45, 2.75) is 6.54 Å². The second-order valence-electron chi connectivity index (χ2n) is 4.45. The number of aliphatic hydroxyl groups excluding tert-OH is 1. The summed E-state index contributed by atoms with van der Waals surface area (Å²) in [4.78, 5) is 15.5. The molecule has 102 valence electrons. The normalized spacial score (nSPS) is 10.5. The van der Waals surface area contributed by atoms with Gasteiger partial charge in [0.2, 0.25) is 0 Å². The van der Waals surface area contributed by atoms with Crippen molar-refractivity contribution in [2.24, 2.45) is 0 Å². The van der Waals surface area contributed by atoms with Gasteiger partial charge in [-0.05, 0) is 11.6 Å². The lowest BCUT2D eigenvalue weighted by molar-refractivity contribution is 0.304. The van der Waals surface area contributed by atoms with Gasteiger partial charge in [0.15, 0.2) is 0 Å². The van der Waals surface area contributed by atoms with Gasteiger partial charge in [-0.1, -0.05) is 0 Å². The lowest BCUT2D eigenvalue weighted by atomic mass is 10.3. The van der Waals surface area contributed by atoms with Crippen LogP contribution in [0.5, 0.6) is 0 Å². The number of rotatable bonds is 6.